The molecule has 0 aliphatic carbocycles. The van der Waals surface area contributed by atoms with E-state index in [1.165, 1.54) is 50.6 Å². The molecule has 0 N–H and O–H groups in total. The van der Waals surface area contributed by atoms with Crippen LogP contribution in [0.4, 0.5) is 0 Å². The minimum absolute atomic E-state index is 0.0389. The molecule has 2 aromatic carbocycles. The summed E-state index contributed by atoms with van der Waals surface area (Å²) < 4.78 is 25.1. The highest BCUT2D eigenvalue weighted by Crippen LogP contribution is 2.27. The van der Waals surface area contributed by atoms with Gasteiger partial charge in [-0.3, -0.25) is 9.59 Å². The molecular weight excluding hydrogens is 384 g/mol. The highest BCUT2D eigenvalue weighted by molar-refractivity contribution is 5.83. The fourth-order valence-electron chi connectivity index (χ4n) is 2.20. The van der Waals surface area contributed by atoms with Gasteiger partial charge >= 0.3 is 11.9 Å². The quantitative estimate of drug-likeness (QED) is 0.334. The van der Waals surface area contributed by atoms with Crippen LogP contribution in [0.2, 0.25) is 0 Å². The minimum atomic E-state index is -0.806. The van der Waals surface area contributed by atoms with E-state index in [2.05, 4.69) is 0 Å². The van der Waals surface area contributed by atoms with Gasteiger partial charge in [0.25, 0.3) is 0 Å². The summed E-state index contributed by atoms with van der Waals surface area (Å²) in [5.41, 5.74) is 0.483. The maximum absolute atomic E-state index is 11.9. The Hall–Kier alpha value is -3.72. The molecule has 0 aliphatic heterocycles. The van der Waals surface area contributed by atoms with Gasteiger partial charge in [-0.05, 0) is 36.4 Å². The van der Waals surface area contributed by atoms with Crippen LogP contribution in [0.15, 0.2) is 36.4 Å². The second-order valence-corrected chi connectivity index (χ2v) is 5.49. The van der Waals surface area contributed by atoms with Gasteiger partial charge < -0.3 is 23.7 Å². The molecule has 152 valence electrons. The standard InChI is InChI=1S/C20H18O9/c1-25-15-4-6-16(14(8-15)10-22)28-19(23)11-27-12-20(24)29-17-5-3-13(9-21)7-18(17)26-2/h3-10H,11-12H2,1-2H3. The van der Waals surface area contributed by atoms with Crippen molar-refractivity contribution < 1.29 is 42.9 Å². The molecule has 0 saturated heterocycles. The van der Waals surface area contributed by atoms with Crippen molar-refractivity contribution in [3.8, 4) is 23.0 Å². The maximum atomic E-state index is 11.9. The Balaban J connectivity index is 1.85. The topological polar surface area (TPSA) is 114 Å². The van der Waals surface area contributed by atoms with Crippen molar-refractivity contribution >= 4 is 24.5 Å². The summed E-state index contributed by atoms with van der Waals surface area (Å²) in [5.74, 6) is -0.821. The van der Waals surface area contributed by atoms with Crippen LogP contribution in [0.1, 0.15) is 20.7 Å². The average Bonchev–Trinajstić information content (AvgIpc) is 2.74. The zero-order valence-corrected chi connectivity index (χ0v) is 15.7. The molecule has 29 heavy (non-hydrogen) atoms. The summed E-state index contributed by atoms with van der Waals surface area (Å²) in [6, 6.07) is 8.61. The molecule has 0 fully saturated rings. The molecule has 0 unspecified atom stereocenters. The van der Waals surface area contributed by atoms with E-state index in [0.29, 0.717) is 23.9 Å². The Bertz CT molecular complexity index is 905. The van der Waals surface area contributed by atoms with E-state index in [0.717, 1.165) is 0 Å². The third kappa shape index (κ3) is 6.15. The molecule has 0 aromatic heterocycles. The molecule has 0 amide bonds. The van der Waals surface area contributed by atoms with Crippen LogP contribution in [0, 0.1) is 0 Å². The van der Waals surface area contributed by atoms with Gasteiger partial charge in [0.15, 0.2) is 17.8 Å². The zero-order valence-electron chi connectivity index (χ0n) is 15.7. The largest absolute Gasteiger partial charge is 0.497 e. The zero-order chi connectivity index (χ0) is 21.2. The van der Waals surface area contributed by atoms with Gasteiger partial charge in [-0.1, -0.05) is 0 Å². The molecule has 0 spiro atoms. The number of aldehydes is 2. The maximum Gasteiger partial charge on any atom is 0.337 e. The molecule has 2 rings (SSSR count). The van der Waals surface area contributed by atoms with Crippen LogP contribution in [-0.2, 0) is 14.3 Å². The monoisotopic (exact) mass is 402 g/mol. The van der Waals surface area contributed by atoms with Gasteiger partial charge in [0.1, 0.15) is 31.0 Å². The van der Waals surface area contributed by atoms with Crippen LogP contribution >= 0.6 is 0 Å². The first-order chi connectivity index (χ1) is 14.0. The third-order valence-corrected chi connectivity index (χ3v) is 3.56. The molecule has 9 heteroatoms. The fraction of sp³-hybridized carbons (Fsp3) is 0.200. The predicted octanol–water partition coefficient (Wildman–Crippen LogP) is 1.86. The summed E-state index contributed by atoms with van der Waals surface area (Å²) in [5, 5.41) is 0. The number of esters is 2. The average molecular weight is 402 g/mol. The Labute approximate surface area is 166 Å². The number of rotatable bonds is 10. The van der Waals surface area contributed by atoms with Gasteiger partial charge in [-0.25, -0.2) is 9.59 Å². The number of hydrogen-bond donors (Lipinski definition) is 0. The van der Waals surface area contributed by atoms with E-state index in [1.807, 2.05) is 0 Å². The Morgan fingerprint density at radius 2 is 1.45 bits per heavy atom. The van der Waals surface area contributed by atoms with Crippen molar-refractivity contribution in [2.45, 2.75) is 0 Å². The smallest absolute Gasteiger partial charge is 0.337 e. The molecule has 0 saturated carbocycles. The lowest BCUT2D eigenvalue weighted by atomic mass is 10.2. The summed E-state index contributed by atoms with van der Waals surface area (Å²) in [6.45, 7) is -1.07. The first kappa shape index (κ1) is 21.6. The van der Waals surface area contributed by atoms with Gasteiger partial charge in [-0.2, -0.15) is 0 Å². The SMILES string of the molecule is COc1ccc(OC(=O)COCC(=O)Oc2ccc(C=O)cc2OC)c(C=O)c1. The lowest BCUT2D eigenvalue weighted by Gasteiger charge is -2.10. The van der Waals surface area contributed by atoms with Crippen molar-refractivity contribution in [3.05, 3.63) is 47.5 Å². The van der Waals surface area contributed by atoms with Crippen molar-refractivity contribution in [2.75, 3.05) is 27.4 Å². The summed E-state index contributed by atoms with van der Waals surface area (Å²) >= 11 is 0. The van der Waals surface area contributed by atoms with Crippen LogP contribution in [-0.4, -0.2) is 51.9 Å². The van der Waals surface area contributed by atoms with Gasteiger partial charge in [-0.15, -0.1) is 0 Å². The van der Waals surface area contributed by atoms with Gasteiger partial charge in [0.05, 0.1) is 19.8 Å². The van der Waals surface area contributed by atoms with E-state index < -0.39 is 25.2 Å². The summed E-state index contributed by atoms with van der Waals surface area (Å²) in [7, 11) is 2.80. The van der Waals surface area contributed by atoms with Crippen molar-refractivity contribution in [3.63, 3.8) is 0 Å². The van der Waals surface area contributed by atoms with E-state index in [-0.39, 0.29) is 22.8 Å². The van der Waals surface area contributed by atoms with Gasteiger partial charge in [0.2, 0.25) is 0 Å². The normalized spacial score (nSPS) is 10.0. The van der Waals surface area contributed by atoms with Crippen LogP contribution < -0.4 is 18.9 Å². The number of hydrogen-bond acceptors (Lipinski definition) is 9. The number of methoxy groups -OCH3 is 2. The minimum Gasteiger partial charge on any atom is -0.497 e. The van der Waals surface area contributed by atoms with Gasteiger partial charge in [0, 0.05) is 5.56 Å². The number of carbonyl (C=O) groups excluding carboxylic acids is 4. The fourth-order valence-corrected chi connectivity index (χ4v) is 2.20. The molecule has 0 atom stereocenters. The van der Waals surface area contributed by atoms with Crippen molar-refractivity contribution in [1.82, 2.24) is 0 Å². The lowest BCUT2D eigenvalue weighted by molar-refractivity contribution is -0.145. The Kier molecular flexibility index (Phi) is 7.87. The van der Waals surface area contributed by atoms with Crippen LogP contribution in [0.3, 0.4) is 0 Å². The third-order valence-electron chi connectivity index (χ3n) is 3.56. The molecule has 0 bridgehead atoms. The predicted molar refractivity (Wildman–Crippen MR) is 98.9 cm³/mol. The number of carbonyl (C=O) groups is 4. The van der Waals surface area contributed by atoms with E-state index in [4.69, 9.17) is 23.7 Å². The first-order valence-corrected chi connectivity index (χ1v) is 8.26. The van der Waals surface area contributed by atoms with Crippen LogP contribution in [0.5, 0.6) is 23.0 Å². The number of ether oxygens (including phenoxy) is 5. The van der Waals surface area contributed by atoms with E-state index >= 15 is 0 Å². The Morgan fingerprint density at radius 1 is 0.793 bits per heavy atom. The molecular formula is C20H18O9. The lowest BCUT2D eigenvalue weighted by Crippen LogP contribution is -2.22. The first-order valence-electron chi connectivity index (χ1n) is 8.26. The molecule has 2 aromatic rings. The highest BCUT2D eigenvalue weighted by atomic mass is 16.6. The molecule has 0 radical (unpaired) electrons. The number of benzene rings is 2. The Morgan fingerprint density at radius 3 is 2.03 bits per heavy atom. The van der Waals surface area contributed by atoms with Crippen molar-refractivity contribution in [1.29, 1.82) is 0 Å². The summed E-state index contributed by atoms with van der Waals surface area (Å²) in [6.07, 6.45) is 1.15. The highest BCUT2D eigenvalue weighted by Gasteiger charge is 2.14. The molecule has 9 nitrogen and oxygen atoms in total. The molecule has 0 heterocycles. The van der Waals surface area contributed by atoms with E-state index in [1.54, 1.807) is 0 Å². The van der Waals surface area contributed by atoms with E-state index in [9.17, 15) is 19.2 Å². The second kappa shape index (κ2) is 10.6. The van der Waals surface area contributed by atoms with Crippen molar-refractivity contribution in [2.24, 2.45) is 0 Å². The second-order valence-electron chi connectivity index (χ2n) is 5.49. The molecule has 0 aliphatic rings. The summed E-state index contributed by atoms with van der Waals surface area (Å²) in [4.78, 5) is 45.5. The van der Waals surface area contributed by atoms with Crippen LogP contribution in [0.25, 0.3) is 0 Å².